The van der Waals surface area contributed by atoms with Crippen molar-refractivity contribution in [2.45, 2.75) is 38.5 Å². The van der Waals surface area contributed by atoms with Gasteiger partial charge in [0.1, 0.15) is 0 Å². The number of likely N-dealkylation sites (tertiary alicyclic amines) is 1. The average Bonchev–Trinajstić information content (AvgIpc) is 2.77. The van der Waals surface area contributed by atoms with Gasteiger partial charge in [-0.1, -0.05) is 43.2 Å². The second kappa shape index (κ2) is 11.3. The van der Waals surface area contributed by atoms with Crippen LogP contribution >= 0.6 is 0 Å². The minimum atomic E-state index is 0.182. The van der Waals surface area contributed by atoms with Crippen LogP contribution in [0, 0.1) is 5.92 Å². The van der Waals surface area contributed by atoms with Gasteiger partial charge in [-0.2, -0.15) is 0 Å². The van der Waals surface area contributed by atoms with Crippen molar-refractivity contribution in [2.75, 3.05) is 19.6 Å². The minimum absolute atomic E-state index is 0.182. The van der Waals surface area contributed by atoms with Crippen LogP contribution in [-0.2, 0) is 6.42 Å². The number of rotatable bonds is 9. The zero-order chi connectivity index (χ0) is 19.4. The van der Waals surface area contributed by atoms with Crippen LogP contribution in [0.1, 0.15) is 48.0 Å². The van der Waals surface area contributed by atoms with E-state index in [2.05, 4.69) is 28.6 Å². The van der Waals surface area contributed by atoms with E-state index in [1.165, 1.54) is 24.8 Å². The average molecular weight is 378 g/mol. The van der Waals surface area contributed by atoms with Gasteiger partial charge in [-0.3, -0.25) is 9.78 Å². The molecule has 0 unspecified atom stereocenters. The van der Waals surface area contributed by atoms with Crippen LogP contribution in [0.3, 0.4) is 0 Å². The lowest BCUT2D eigenvalue weighted by Gasteiger charge is -2.32. The van der Waals surface area contributed by atoms with E-state index < -0.39 is 0 Å². The molecule has 0 saturated carbocycles. The number of aromatic nitrogens is 1. The molecule has 2 aromatic rings. The molecule has 28 heavy (non-hydrogen) atoms. The number of pyridine rings is 1. The first kappa shape index (κ1) is 20.1. The summed E-state index contributed by atoms with van der Waals surface area (Å²) in [6, 6.07) is 13.7. The standard InChI is InChI=1S/C24H31N3O/c28-24(23-11-2-1-3-12-23)27-18-13-21(14-19-27)8-4-5-15-25-16-6-9-22-10-7-17-26-20-22/h1-3,6-7,10-12,16-17,20-21,25H,4-5,8-9,13-15,18-19H2/b16-6+. The van der Waals surface area contributed by atoms with Crippen LogP contribution in [0.2, 0.25) is 0 Å². The van der Waals surface area contributed by atoms with Crippen LogP contribution in [0.15, 0.2) is 67.1 Å². The van der Waals surface area contributed by atoms with Gasteiger partial charge in [0, 0.05) is 37.6 Å². The summed E-state index contributed by atoms with van der Waals surface area (Å²) in [7, 11) is 0. The van der Waals surface area contributed by atoms with Gasteiger partial charge in [0.25, 0.3) is 5.91 Å². The summed E-state index contributed by atoms with van der Waals surface area (Å²) in [6.45, 7) is 2.82. The highest BCUT2D eigenvalue weighted by atomic mass is 16.2. The molecule has 0 bridgehead atoms. The molecule has 1 aliphatic rings. The number of allylic oxidation sites excluding steroid dienone is 1. The van der Waals surface area contributed by atoms with Crippen LogP contribution in [0.5, 0.6) is 0 Å². The van der Waals surface area contributed by atoms with Crippen molar-refractivity contribution in [1.82, 2.24) is 15.2 Å². The zero-order valence-corrected chi connectivity index (χ0v) is 16.6. The Kier molecular flexibility index (Phi) is 8.10. The Bertz CT molecular complexity index is 722. The summed E-state index contributed by atoms with van der Waals surface area (Å²) < 4.78 is 0. The summed E-state index contributed by atoms with van der Waals surface area (Å²) in [4.78, 5) is 18.6. The monoisotopic (exact) mass is 377 g/mol. The molecule has 0 aliphatic carbocycles. The smallest absolute Gasteiger partial charge is 0.253 e. The molecule has 1 aromatic heterocycles. The fourth-order valence-corrected chi connectivity index (χ4v) is 3.73. The number of carbonyl (C=O) groups excluding carboxylic acids is 1. The van der Waals surface area contributed by atoms with Gasteiger partial charge in [-0.25, -0.2) is 0 Å². The predicted octanol–water partition coefficient (Wildman–Crippen LogP) is 4.45. The van der Waals surface area contributed by atoms with E-state index in [1.807, 2.05) is 47.5 Å². The van der Waals surface area contributed by atoms with Gasteiger partial charge in [-0.15, -0.1) is 0 Å². The highest BCUT2D eigenvalue weighted by Gasteiger charge is 2.23. The van der Waals surface area contributed by atoms with Crippen molar-refractivity contribution >= 4 is 5.91 Å². The number of carbonyl (C=O) groups is 1. The second-order valence-corrected chi connectivity index (χ2v) is 7.52. The molecule has 1 amide bonds. The predicted molar refractivity (Wildman–Crippen MR) is 114 cm³/mol. The van der Waals surface area contributed by atoms with E-state index in [4.69, 9.17) is 0 Å². The Morgan fingerprint density at radius 2 is 1.93 bits per heavy atom. The number of amides is 1. The summed E-state index contributed by atoms with van der Waals surface area (Å²) in [5, 5.41) is 3.38. The highest BCUT2D eigenvalue weighted by molar-refractivity contribution is 5.94. The Hall–Kier alpha value is -2.62. The first-order valence-electron chi connectivity index (χ1n) is 10.4. The number of unbranched alkanes of at least 4 members (excludes halogenated alkanes) is 1. The normalized spacial score (nSPS) is 15.1. The summed E-state index contributed by atoms with van der Waals surface area (Å²) in [5.41, 5.74) is 2.04. The second-order valence-electron chi connectivity index (χ2n) is 7.52. The Morgan fingerprint density at radius 3 is 2.68 bits per heavy atom. The van der Waals surface area contributed by atoms with E-state index in [0.717, 1.165) is 50.4 Å². The first-order valence-corrected chi connectivity index (χ1v) is 10.4. The van der Waals surface area contributed by atoms with Crippen LogP contribution in [0.25, 0.3) is 0 Å². The number of hydrogen-bond acceptors (Lipinski definition) is 3. The number of nitrogens with one attached hydrogen (secondary N) is 1. The lowest BCUT2D eigenvalue weighted by Crippen LogP contribution is -2.38. The maximum Gasteiger partial charge on any atom is 0.253 e. The molecule has 1 aromatic carbocycles. The number of nitrogens with zero attached hydrogens (tertiary/aromatic N) is 2. The van der Waals surface area contributed by atoms with Gasteiger partial charge in [0.2, 0.25) is 0 Å². The van der Waals surface area contributed by atoms with Crippen molar-refractivity contribution in [3.05, 3.63) is 78.3 Å². The molecule has 1 N–H and O–H groups in total. The van der Waals surface area contributed by atoms with Crippen LogP contribution in [0.4, 0.5) is 0 Å². The molecule has 2 heterocycles. The van der Waals surface area contributed by atoms with Gasteiger partial charge in [-0.05, 0) is 61.6 Å². The first-order chi connectivity index (χ1) is 13.8. The van der Waals surface area contributed by atoms with Gasteiger partial charge in [0.05, 0.1) is 0 Å². The lowest BCUT2D eigenvalue weighted by molar-refractivity contribution is 0.0686. The maximum absolute atomic E-state index is 12.5. The van der Waals surface area contributed by atoms with E-state index in [0.29, 0.717) is 0 Å². The molecule has 1 fully saturated rings. The molecular weight excluding hydrogens is 346 g/mol. The summed E-state index contributed by atoms with van der Waals surface area (Å²) in [6.07, 6.45) is 14.8. The highest BCUT2D eigenvalue weighted by Crippen LogP contribution is 2.23. The van der Waals surface area contributed by atoms with Crippen LogP contribution < -0.4 is 5.32 Å². The SMILES string of the molecule is O=C(c1ccccc1)N1CCC(CCCCN/C=C/Cc2cccnc2)CC1. The molecule has 1 aliphatic heterocycles. The largest absolute Gasteiger partial charge is 0.391 e. The molecule has 1 saturated heterocycles. The third-order valence-corrected chi connectivity index (χ3v) is 5.42. The van der Waals surface area contributed by atoms with Gasteiger partial charge in [0.15, 0.2) is 0 Å². The van der Waals surface area contributed by atoms with Crippen LogP contribution in [-0.4, -0.2) is 35.4 Å². The molecule has 3 rings (SSSR count). The lowest BCUT2D eigenvalue weighted by atomic mass is 9.91. The fourth-order valence-electron chi connectivity index (χ4n) is 3.73. The zero-order valence-electron chi connectivity index (χ0n) is 16.6. The van der Waals surface area contributed by atoms with Crippen molar-refractivity contribution in [2.24, 2.45) is 5.92 Å². The van der Waals surface area contributed by atoms with Gasteiger partial charge < -0.3 is 10.2 Å². The molecular formula is C24H31N3O. The van der Waals surface area contributed by atoms with E-state index in [1.54, 1.807) is 6.20 Å². The Morgan fingerprint density at radius 1 is 1.11 bits per heavy atom. The molecule has 4 nitrogen and oxygen atoms in total. The number of hydrogen-bond donors (Lipinski definition) is 1. The maximum atomic E-state index is 12.5. The minimum Gasteiger partial charge on any atom is -0.391 e. The Labute approximate surface area is 168 Å². The molecule has 0 radical (unpaired) electrons. The third-order valence-electron chi connectivity index (χ3n) is 5.42. The van der Waals surface area contributed by atoms with E-state index in [9.17, 15) is 4.79 Å². The van der Waals surface area contributed by atoms with E-state index >= 15 is 0 Å². The quantitative estimate of drug-likeness (QED) is 0.657. The Balaban J connectivity index is 1.23. The molecule has 0 atom stereocenters. The third kappa shape index (κ3) is 6.52. The number of benzene rings is 1. The molecule has 4 heteroatoms. The van der Waals surface area contributed by atoms with Crippen molar-refractivity contribution in [1.29, 1.82) is 0 Å². The topological polar surface area (TPSA) is 45.2 Å². The van der Waals surface area contributed by atoms with Crippen molar-refractivity contribution in [3.8, 4) is 0 Å². The molecule has 148 valence electrons. The van der Waals surface area contributed by atoms with E-state index in [-0.39, 0.29) is 5.91 Å². The van der Waals surface area contributed by atoms with Crippen molar-refractivity contribution < 1.29 is 4.79 Å². The van der Waals surface area contributed by atoms with Gasteiger partial charge >= 0.3 is 0 Å². The fraction of sp³-hybridized carbons (Fsp3) is 0.417. The summed E-state index contributed by atoms with van der Waals surface area (Å²) in [5.74, 6) is 0.947. The van der Waals surface area contributed by atoms with Crippen molar-refractivity contribution in [3.63, 3.8) is 0 Å². The molecule has 0 spiro atoms. The number of piperidine rings is 1. The summed E-state index contributed by atoms with van der Waals surface area (Å²) >= 11 is 0.